The van der Waals surface area contributed by atoms with Crippen LogP contribution in [-0.4, -0.2) is 12.0 Å². The summed E-state index contributed by atoms with van der Waals surface area (Å²) < 4.78 is 13.7. The van der Waals surface area contributed by atoms with E-state index in [9.17, 15) is 4.39 Å². The van der Waals surface area contributed by atoms with Crippen LogP contribution in [0.1, 0.15) is 27.2 Å². The third kappa shape index (κ3) is 2.63. The van der Waals surface area contributed by atoms with Crippen molar-refractivity contribution in [3.05, 3.63) is 49.6 Å². The van der Waals surface area contributed by atoms with Gasteiger partial charge in [0.05, 0.1) is 16.2 Å². The summed E-state index contributed by atoms with van der Waals surface area (Å²) in [5, 5.41) is 4.23. The second-order valence-corrected chi connectivity index (χ2v) is 6.18. The lowest BCUT2D eigenvalue weighted by Gasteiger charge is -2.14. The Morgan fingerprint density at radius 1 is 1.39 bits per heavy atom. The first-order chi connectivity index (χ1) is 8.52. The fraction of sp³-hybridized carbons (Fsp3) is 0.308. The van der Waals surface area contributed by atoms with Gasteiger partial charge in [-0.1, -0.05) is 6.07 Å². The van der Waals surface area contributed by atoms with Gasteiger partial charge in [-0.25, -0.2) is 9.37 Å². The number of aromatic nitrogens is 1. The fourth-order valence-corrected chi connectivity index (χ4v) is 3.20. The highest BCUT2D eigenvalue weighted by atomic mass is 79.9. The van der Waals surface area contributed by atoms with Gasteiger partial charge in [0, 0.05) is 4.88 Å². The molecule has 1 atom stereocenters. The second-order valence-electron chi connectivity index (χ2n) is 4.09. The minimum atomic E-state index is -0.250. The van der Waals surface area contributed by atoms with Gasteiger partial charge in [-0.3, -0.25) is 0 Å². The minimum Gasteiger partial charge on any atom is -0.307 e. The van der Waals surface area contributed by atoms with Gasteiger partial charge in [0.2, 0.25) is 0 Å². The van der Waals surface area contributed by atoms with Gasteiger partial charge in [0.25, 0.3) is 0 Å². The molecular weight excluding hydrogens is 315 g/mol. The molecule has 0 saturated heterocycles. The first-order valence-corrected chi connectivity index (χ1v) is 7.20. The van der Waals surface area contributed by atoms with Crippen LogP contribution >= 0.6 is 27.3 Å². The number of rotatable bonds is 3. The van der Waals surface area contributed by atoms with E-state index in [1.165, 1.54) is 10.9 Å². The zero-order chi connectivity index (χ0) is 13.3. The van der Waals surface area contributed by atoms with E-state index in [0.717, 1.165) is 16.3 Å². The van der Waals surface area contributed by atoms with Crippen LogP contribution in [0, 0.1) is 19.7 Å². The normalized spacial score (nSPS) is 12.7. The highest BCUT2D eigenvalue weighted by Crippen LogP contribution is 2.29. The van der Waals surface area contributed by atoms with Gasteiger partial charge in [0.1, 0.15) is 10.8 Å². The van der Waals surface area contributed by atoms with Crippen LogP contribution in [0.25, 0.3) is 0 Å². The van der Waals surface area contributed by atoms with Crippen LogP contribution in [0.15, 0.2) is 22.7 Å². The molecule has 0 aliphatic carbocycles. The Morgan fingerprint density at radius 2 is 2.11 bits per heavy atom. The molecule has 0 saturated carbocycles. The molecule has 2 aromatic rings. The van der Waals surface area contributed by atoms with Gasteiger partial charge < -0.3 is 5.32 Å². The first-order valence-electron chi connectivity index (χ1n) is 5.59. The monoisotopic (exact) mass is 328 g/mol. The van der Waals surface area contributed by atoms with E-state index in [4.69, 9.17) is 0 Å². The van der Waals surface area contributed by atoms with Crippen LogP contribution in [0.2, 0.25) is 0 Å². The lowest BCUT2D eigenvalue weighted by atomic mass is 10.1. The molecule has 0 bridgehead atoms. The molecule has 0 amide bonds. The first kappa shape index (κ1) is 13.6. The van der Waals surface area contributed by atoms with Crippen molar-refractivity contribution in [2.75, 3.05) is 7.05 Å². The van der Waals surface area contributed by atoms with E-state index in [2.05, 4.69) is 33.2 Å². The Morgan fingerprint density at radius 3 is 2.61 bits per heavy atom. The van der Waals surface area contributed by atoms with Crippen molar-refractivity contribution in [2.45, 2.75) is 19.9 Å². The van der Waals surface area contributed by atoms with Crippen molar-refractivity contribution >= 4 is 27.3 Å². The highest BCUT2D eigenvalue weighted by Gasteiger charge is 2.17. The molecule has 2 nitrogen and oxygen atoms in total. The molecule has 0 fully saturated rings. The predicted octanol–water partition coefficient (Wildman–Crippen LogP) is 3.97. The maximum Gasteiger partial charge on any atom is 0.137 e. The highest BCUT2D eigenvalue weighted by molar-refractivity contribution is 9.10. The number of nitrogens with zero attached hydrogens (tertiary/aromatic N) is 1. The molecule has 5 heteroatoms. The second kappa shape index (κ2) is 5.47. The molecule has 1 aromatic carbocycles. The number of thiazole rings is 1. The average Bonchev–Trinajstić information content (AvgIpc) is 2.65. The summed E-state index contributed by atoms with van der Waals surface area (Å²) in [7, 11) is 1.88. The summed E-state index contributed by atoms with van der Waals surface area (Å²) in [6, 6.07) is 5.05. The number of hydrogen-bond donors (Lipinski definition) is 1. The van der Waals surface area contributed by atoms with Crippen LogP contribution in [-0.2, 0) is 0 Å². The van der Waals surface area contributed by atoms with Crippen molar-refractivity contribution in [2.24, 2.45) is 0 Å². The van der Waals surface area contributed by atoms with E-state index in [1.807, 2.05) is 14.0 Å². The number of benzene rings is 1. The molecule has 1 heterocycles. The molecule has 0 aliphatic heterocycles. The Hall–Kier alpha value is -0.780. The van der Waals surface area contributed by atoms with Crippen molar-refractivity contribution in [1.82, 2.24) is 10.3 Å². The van der Waals surface area contributed by atoms with Gasteiger partial charge in [0.15, 0.2) is 0 Å². The Labute approximate surface area is 118 Å². The molecule has 1 aromatic heterocycles. The largest absolute Gasteiger partial charge is 0.307 e. The Kier molecular flexibility index (Phi) is 4.14. The molecular formula is C13H14BrFN2S. The smallest absolute Gasteiger partial charge is 0.137 e. The quantitative estimate of drug-likeness (QED) is 0.922. The Balaban J connectivity index is 2.41. The SMILES string of the molecule is CNC(c1ccc(F)c(Br)c1)c1nc(C)c(C)s1. The van der Waals surface area contributed by atoms with Crippen molar-refractivity contribution < 1.29 is 4.39 Å². The molecule has 1 N–H and O–H groups in total. The summed E-state index contributed by atoms with van der Waals surface area (Å²) in [5.74, 6) is -0.250. The maximum atomic E-state index is 13.3. The van der Waals surface area contributed by atoms with Gasteiger partial charge in [-0.15, -0.1) is 11.3 Å². The standard InChI is InChI=1S/C13H14BrFN2S/c1-7-8(2)18-13(17-7)12(16-3)9-4-5-11(15)10(14)6-9/h4-6,12,16H,1-3H3. The molecule has 0 radical (unpaired) electrons. The molecule has 0 spiro atoms. The number of halogens is 2. The van der Waals surface area contributed by atoms with Crippen LogP contribution in [0.4, 0.5) is 4.39 Å². The molecule has 2 rings (SSSR count). The minimum absolute atomic E-state index is 0.000648. The van der Waals surface area contributed by atoms with E-state index in [1.54, 1.807) is 23.5 Å². The average molecular weight is 329 g/mol. The van der Waals surface area contributed by atoms with Crippen LogP contribution in [0.5, 0.6) is 0 Å². The summed E-state index contributed by atoms with van der Waals surface area (Å²) >= 11 is 4.89. The van der Waals surface area contributed by atoms with Crippen LogP contribution in [0.3, 0.4) is 0 Å². The maximum absolute atomic E-state index is 13.3. The van der Waals surface area contributed by atoms with Gasteiger partial charge >= 0.3 is 0 Å². The van der Waals surface area contributed by atoms with Gasteiger partial charge in [-0.05, 0) is 54.5 Å². The van der Waals surface area contributed by atoms with Crippen molar-refractivity contribution in [3.8, 4) is 0 Å². The number of aryl methyl sites for hydroxylation is 2. The van der Waals surface area contributed by atoms with E-state index >= 15 is 0 Å². The topological polar surface area (TPSA) is 24.9 Å². The summed E-state index contributed by atoms with van der Waals surface area (Å²) in [6.45, 7) is 4.06. The number of hydrogen-bond acceptors (Lipinski definition) is 3. The van der Waals surface area contributed by atoms with E-state index in [-0.39, 0.29) is 11.9 Å². The van der Waals surface area contributed by atoms with Crippen molar-refractivity contribution in [3.63, 3.8) is 0 Å². The fourth-order valence-electron chi connectivity index (χ4n) is 1.75. The van der Waals surface area contributed by atoms with Crippen molar-refractivity contribution in [1.29, 1.82) is 0 Å². The summed E-state index contributed by atoms with van der Waals surface area (Å²) in [5.41, 5.74) is 2.05. The zero-order valence-electron chi connectivity index (χ0n) is 10.4. The molecule has 96 valence electrons. The third-order valence-corrected chi connectivity index (χ3v) is 4.60. The lowest BCUT2D eigenvalue weighted by molar-refractivity contribution is 0.616. The number of nitrogens with one attached hydrogen (secondary N) is 1. The molecule has 18 heavy (non-hydrogen) atoms. The van der Waals surface area contributed by atoms with E-state index in [0.29, 0.717) is 4.47 Å². The third-order valence-electron chi connectivity index (χ3n) is 2.86. The lowest BCUT2D eigenvalue weighted by Crippen LogP contribution is -2.17. The van der Waals surface area contributed by atoms with E-state index < -0.39 is 0 Å². The molecule has 1 unspecified atom stereocenters. The Bertz CT molecular complexity index is 549. The summed E-state index contributed by atoms with van der Waals surface area (Å²) in [6.07, 6.45) is 0. The van der Waals surface area contributed by atoms with Crippen LogP contribution < -0.4 is 5.32 Å². The van der Waals surface area contributed by atoms with Gasteiger partial charge in [-0.2, -0.15) is 0 Å². The summed E-state index contributed by atoms with van der Waals surface area (Å²) in [4.78, 5) is 5.77. The predicted molar refractivity (Wildman–Crippen MR) is 76.6 cm³/mol. The zero-order valence-corrected chi connectivity index (χ0v) is 12.8. The molecule has 0 aliphatic rings.